The lowest BCUT2D eigenvalue weighted by Crippen LogP contribution is -2.28. The summed E-state index contributed by atoms with van der Waals surface area (Å²) in [5.74, 6) is 1.23. The number of hydrogen-bond acceptors (Lipinski definition) is 4. The normalized spacial score (nSPS) is 12.5. The van der Waals surface area contributed by atoms with Gasteiger partial charge in [0.15, 0.2) is 0 Å². The molecule has 6 nitrogen and oxygen atoms in total. The van der Waals surface area contributed by atoms with Crippen molar-refractivity contribution in [1.29, 1.82) is 0 Å². The first-order valence-electron chi connectivity index (χ1n) is 9.24. The molecule has 0 saturated heterocycles. The van der Waals surface area contributed by atoms with Crippen molar-refractivity contribution >= 4 is 45.3 Å². The number of amides is 2. The van der Waals surface area contributed by atoms with E-state index in [1.165, 1.54) is 12.1 Å². The lowest BCUT2D eigenvalue weighted by Gasteiger charge is -2.11. The van der Waals surface area contributed by atoms with Crippen LogP contribution in [0.25, 0.3) is 0 Å². The molecule has 0 radical (unpaired) electrons. The van der Waals surface area contributed by atoms with Gasteiger partial charge in [0.1, 0.15) is 18.2 Å². The minimum atomic E-state index is -0.319. The van der Waals surface area contributed by atoms with Crippen LogP contribution in [0.1, 0.15) is 27.2 Å². The monoisotopic (exact) mass is 488 g/mol. The lowest BCUT2D eigenvalue weighted by molar-refractivity contribution is -0.122. The molecule has 0 bridgehead atoms. The molecule has 1 aliphatic heterocycles. The molecule has 2 amide bonds. The van der Waals surface area contributed by atoms with Crippen LogP contribution in [0.2, 0.25) is 0 Å². The number of aromatic nitrogens is 2. The van der Waals surface area contributed by atoms with Crippen LogP contribution in [0, 0.1) is 5.82 Å². The van der Waals surface area contributed by atoms with Crippen molar-refractivity contribution in [3.8, 4) is 0 Å². The Bertz CT molecular complexity index is 1080. The summed E-state index contributed by atoms with van der Waals surface area (Å²) in [5, 5.41) is 10.2. The van der Waals surface area contributed by atoms with Gasteiger partial charge in [0.05, 0.1) is 5.69 Å². The van der Waals surface area contributed by atoms with E-state index in [1.54, 1.807) is 52.8 Å². The second-order valence-corrected chi connectivity index (χ2v) is 8.69. The van der Waals surface area contributed by atoms with Gasteiger partial charge in [-0.25, -0.2) is 9.07 Å². The van der Waals surface area contributed by atoms with Crippen molar-refractivity contribution in [1.82, 2.24) is 15.1 Å². The summed E-state index contributed by atoms with van der Waals surface area (Å²) in [4.78, 5) is 25.1. The highest BCUT2D eigenvalue weighted by Gasteiger charge is 2.25. The molecular formula is C21H18BrFN4O2S. The Kier molecular flexibility index (Phi) is 6.19. The summed E-state index contributed by atoms with van der Waals surface area (Å²) in [6.45, 7) is 0.269. The molecule has 0 spiro atoms. The highest BCUT2D eigenvalue weighted by molar-refractivity contribution is 9.10. The average Bonchev–Trinajstić information content (AvgIpc) is 3.31. The number of hydrogen-bond donors (Lipinski definition) is 2. The van der Waals surface area contributed by atoms with Gasteiger partial charge in [-0.1, -0.05) is 28.1 Å². The molecule has 0 saturated carbocycles. The molecule has 0 fully saturated rings. The number of anilines is 1. The number of thioether (sulfide) groups is 1. The Morgan fingerprint density at radius 1 is 1.10 bits per heavy atom. The molecule has 3 aromatic rings. The summed E-state index contributed by atoms with van der Waals surface area (Å²) in [6.07, 6.45) is 0. The van der Waals surface area contributed by atoms with E-state index in [0.717, 1.165) is 32.8 Å². The number of halogens is 2. The number of carbonyl (C=O) groups is 2. The molecule has 1 aliphatic rings. The average molecular weight is 489 g/mol. The fourth-order valence-electron chi connectivity index (χ4n) is 3.10. The largest absolute Gasteiger partial charge is 0.350 e. The van der Waals surface area contributed by atoms with Crippen LogP contribution >= 0.6 is 27.7 Å². The Balaban J connectivity index is 1.46. The molecule has 154 valence electrons. The third-order valence-electron chi connectivity index (χ3n) is 4.65. The Morgan fingerprint density at radius 2 is 1.83 bits per heavy atom. The van der Waals surface area contributed by atoms with E-state index in [-0.39, 0.29) is 30.7 Å². The van der Waals surface area contributed by atoms with Gasteiger partial charge in [-0.3, -0.25) is 9.59 Å². The predicted octanol–water partition coefficient (Wildman–Crippen LogP) is 4.10. The Labute approximate surface area is 185 Å². The van der Waals surface area contributed by atoms with E-state index < -0.39 is 0 Å². The van der Waals surface area contributed by atoms with Gasteiger partial charge in [0.2, 0.25) is 5.91 Å². The van der Waals surface area contributed by atoms with Crippen molar-refractivity contribution in [3.05, 3.63) is 81.2 Å². The van der Waals surface area contributed by atoms with E-state index in [9.17, 15) is 14.0 Å². The maximum atomic E-state index is 13.0. The summed E-state index contributed by atoms with van der Waals surface area (Å²) in [5.41, 5.74) is 3.16. The quantitative estimate of drug-likeness (QED) is 0.547. The molecule has 0 atom stereocenters. The van der Waals surface area contributed by atoms with Gasteiger partial charge in [0, 0.05) is 33.7 Å². The van der Waals surface area contributed by atoms with Crippen LogP contribution in [-0.4, -0.2) is 21.6 Å². The van der Waals surface area contributed by atoms with Crippen molar-refractivity contribution in [3.63, 3.8) is 0 Å². The first-order chi connectivity index (χ1) is 14.5. The fourth-order valence-corrected chi connectivity index (χ4v) is 4.40. The van der Waals surface area contributed by atoms with Crippen molar-refractivity contribution in [2.75, 3.05) is 5.32 Å². The third kappa shape index (κ3) is 4.73. The minimum Gasteiger partial charge on any atom is -0.350 e. The molecule has 30 heavy (non-hydrogen) atoms. The number of benzene rings is 2. The van der Waals surface area contributed by atoms with E-state index in [0.29, 0.717) is 11.4 Å². The van der Waals surface area contributed by atoms with Crippen molar-refractivity contribution in [2.45, 2.75) is 24.6 Å². The molecule has 9 heteroatoms. The minimum absolute atomic E-state index is 0.0190. The SMILES string of the molecule is O=C(Cn1nc2c(c1NC(=O)c1ccc(Br)cc1)CSC2)NCc1ccc(F)cc1. The number of nitrogens with one attached hydrogen (secondary N) is 2. The number of fused-ring (bicyclic) bond motifs is 1. The highest BCUT2D eigenvalue weighted by atomic mass is 79.9. The summed E-state index contributed by atoms with van der Waals surface area (Å²) in [6, 6.07) is 13.0. The zero-order chi connectivity index (χ0) is 21.1. The molecular weight excluding hydrogens is 471 g/mol. The second kappa shape index (κ2) is 9.01. The van der Waals surface area contributed by atoms with Crippen LogP contribution < -0.4 is 10.6 Å². The van der Waals surface area contributed by atoms with Crippen molar-refractivity contribution < 1.29 is 14.0 Å². The maximum Gasteiger partial charge on any atom is 0.256 e. The molecule has 2 heterocycles. The molecule has 2 aromatic carbocycles. The topological polar surface area (TPSA) is 76.0 Å². The van der Waals surface area contributed by atoms with Gasteiger partial charge >= 0.3 is 0 Å². The molecule has 4 rings (SSSR count). The van der Waals surface area contributed by atoms with Crippen LogP contribution in [0.5, 0.6) is 0 Å². The summed E-state index contributed by atoms with van der Waals surface area (Å²) in [7, 11) is 0. The fraction of sp³-hybridized carbons (Fsp3) is 0.190. The second-order valence-electron chi connectivity index (χ2n) is 6.79. The molecule has 0 aliphatic carbocycles. The zero-order valence-corrected chi connectivity index (χ0v) is 18.2. The van der Waals surface area contributed by atoms with Gasteiger partial charge in [0.25, 0.3) is 5.91 Å². The van der Waals surface area contributed by atoms with E-state index in [4.69, 9.17) is 0 Å². The smallest absolute Gasteiger partial charge is 0.256 e. The highest BCUT2D eigenvalue weighted by Crippen LogP contribution is 2.34. The Morgan fingerprint density at radius 3 is 2.57 bits per heavy atom. The van der Waals surface area contributed by atoms with Crippen LogP contribution in [0.4, 0.5) is 10.2 Å². The van der Waals surface area contributed by atoms with Crippen LogP contribution in [-0.2, 0) is 29.4 Å². The molecule has 0 unspecified atom stereocenters. The number of rotatable bonds is 6. The van der Waals surface area contributed by atoms with Gasteiger partial charge in [-0.05, 0) is 42.0 Å². The number of nitrogens with zero attached hydrogens (tertiary/aromatic N) is 2. The van der Waals surface area contributed by atoms with Gasteiger partial charge < -0.3 is 10.6 Å². The van der Waals surface area contributed by atoms with E-state index in [2.05, 4.69) is 31.7 Å². The van der Waals surface area contributed by atoms with Gasteiger partial charge in [-0.15, -0.1) is 0 Å². The maximum absolute atomic E-state index is 13.0. The molecule has 1 aromatic heterocycles. The summed E-state index contributed by atoms with van der Waals surface area (Å²) < 4.78 is 15.4. The van der Waals surface area contributed by atoms with E-state index >= 15 is 0 Å². The summed E-state index contributed by atoms with van der Waals surface area (Å²) >= 11 is 5.08. The predicted molar refractivity (Wildman–Crippen MR) is 118 cm³/mol. The van der Waals surface area contributed by atoms with Gasteiger partial charge in [-0.2, -0.15) is 16.9 Å². The third-order valence-corrected chi connectivity index (χ3v) is 6.15. The lowest BCUT2D eigenvalue weighted by atomic mass is 10.2. The standard InChI is InChI=1S/C21H18BrFN4O2S/c22-15-5-3-14(4-6-15)21(29)25-20-17-11-30-12-18(17)26-27(20)10-19(28)24-9-13-1-7-16(23)8-2-13/h1-8H,9-12H2,(H,24,28)(H,25,29). The van der Waals surface area contributed by atoms with Crippen LogP contribution in [0.3, 0.4) is 0 Å². The van der Waals surface area contributed by atoms with Crippen LogP contribution in [0.15, 0.2) is 53.0 Å². The first-order valence-corrected chi connectivity index (χ1v) is 11.2. The number of carbonyl (C=O) groups excluding carboxylic acids is 2. The van der Waals surface area contributed by atoms with E-state index in [1.807, 2.05) is 0 Å². The Hall–Kier alpha value is -2.65. The molecule has 2 N–H and O–H groups in total. The zero-order valence-electron chi connectivity index (χ0n) is 15.8. The van der Waals surface area contributed by atoms with Crippen molar-refractivity contribution in [2.24, 2.45) is 0 Å². The first kappa shape index (κ1) is 20.6.